The van der Waals surface area contributed by atoms with Crippen molar-refractivity contribution in [2.75, 3.05) is 20.3 Å². The first-order chi connectivity index (χ1) is 9.74. The lowest BCUT2D eigenvalue weighted by molar-refractivity contribution is -0.0809. The minimum atomic E-state index is 0.0474. The molecule has 4 nitrogen and oxygen atoms in total. The summed E-state index contributed by atoms with van der Waals surface area (Å²) in [4.78, 5) is 14.4. The van der Waals surface area contributed by atoms with Crippen molar-refractivity contribution in [1.82, 2.24) is 5.32 Å². The topological polar surface area (TPSA) is 47.6 Å². The van der Waals surface area contributed by atoms with E-state index in [1.54, 1.807) is 18.4 Å². The van der Waals surface area contributed by atoms with Crippen LogP contribution in [0.5, 0.6) is 0 Å². The van der Waals surface area contributed by atoms with Crippen molar-refractivity contribution in [2.45, 2.75) is 31.9 Å². The first kappa shape index (κ1) is 14.0. The maximum Gasteiger partial charge on any atom is 0.261 e. The zero-order valence-corrected chi connectivity index (χ0v) is 12.7. The van der Waals surface area contributed by atoms with Crippen LogP contribution in [0.15, 0.2) is 12.1 Å². The molecule has 3 rings (SSSR count). The molecule has 5 heteroatoms. The summed E-state index contributed by atoms with van der Waals surface area (Å²) < 4.78 is 11.0. The highest BCUT2D eigenvalue weighted by molar-refractivity contribution is 7.14. The highest BCUT2D eigenvalue weighted by atomic mass is 32.1. The van der Waals surface area contributed by atoms with Crippen molar-refractivity contribution < 1.29 is 14.3 Å². The van der Waals surface area contributed by atoms with Crippen molar-refractivity contribution in [3.63, 3.8) is 0 Å². The SMILES string of the molecule is CCc1ccc(C(=O)N[C@@H]2[C@@H](COC)[C@H]3OCC[C@@H]23)s1. The number of hydrogen-bond acceptors (Lipinski definition) is 4. The van der Waals surface area contributed by atoms with E-state index in [1.165, 1.54) is 4.88 Å². The van der Waals surface area contributed by atoms with E-state index in [2.05, 4.69) is 12.2 Å². The predicted octanol–water partition coefficient (Wildman–Crippen LogP) is 2.09. The fourth-order valence-corrected chi connectivity index (χ4v) is 4.20. The molecule has 1 aromatic rings. The van der Waals surface area contributed by atoms with Crippen LogP contribution in [0.2, 0.25) is 0 Å². The van der Waals surface area contributed by atoms with Gasteiger partial charge in [-0.15, -0.1) is 11.3 Å². The molecule has 2 heterocycles. The third kappa shape index (κ3) is 2.38. The van der Waals surface area contributed by atoms with Gasteiger partial charge in [-0.1, -0.05) is 6.92 Å². The summed E-state index contributed by atoms with van der Waals surface area (Å²) in [5.74, 6) is 0.804. The van der Waals surface area contributed by atoms with Gasteiger partial charge in [-0.3, -0.25) is 4.79 Å². The molecule has 0 radical (unpaired) electrons. The fourth-order valence-electron chi connectivity index (χ4n) is 3.35. The predicted molar refractivity (Wildman–Crippen MR) is 78.2 cm³/mol. The number of carbonyl (C=O) groups excluding carboxylic acids is 1. The lowest BCUT2D eigenvalue weighted by atomic mass is 9.67. The van der Waals surface area contributed by atoms with Crippen LogP contribution in [0.3, 0.4) is 0 Å². The zero-order chi connectivity index (χ0) is 14.1. The van der Waals surface area contributed by atoms with E-state index in [1.807, 2.05) is 12.1 Å². The first-order valence-corrected chi connectivity index (χ1v) is 8.06. The van der Waals surface area contributed by atoms with Crippen LogP contribution in [0.25, 0.3) is 0 Å². The van der Waals surface area contributed by atoms with E-state index in [0.717, 1.165) is 24.3 Å². The number of thiophene rings is 1. The minimum absolute atomic E-state index is 0.0474. The van der Waals surface area contributed by atoms with Gasteiger partial charge >= 0.3 is 0 Å². The number of aryl methyl sites for hydroxylation is 1. The van der Waals surface area contributed by atoms with Crippen molar-refractivity contribution in [3.05, 3.63) is 21.9 Å². The van der Waals surface area contributed by atoms with Crippen LogP contribution in [0, 0.1) is 11.8 Å². The molecule has 4 atom stereocenters. The Hall–Kier alpha value is -0.910. The van der Waals surface area contributed by atoms with Gasteiger partial charge in [-0.2, -0.15) is 0 Å². The molecule has 1 N–H and O–H groups in total. The number of ether oxygens (including phenoxy) is 2. The van der Waals surface area contributed by atoms with Gasteiger partial charge < -0.3 is 14.8 Å². The number of methoxy groups -OCH3 is 1. The van der Waals surface area contributed by atoms with Gasteiger partial charge in [0.05, 0.1) is 17.6 Å². The van der Waals surface area contributed by atoms with Crippen LogP contribution in [-0.4, -0.2) is 38.4 Å². The van der Waals surface area contributed by atoms with Crippen molar-refractivity contribution >= 4 is 17.2 Å². The maximum atomic E-state index is 12.3. The Morgan fingerprint density at radius 1 is 1.55 bits per heavy atom. The number of nitrogens with one attached hydrogen (secondary N) is 1. The fraction of sp³-hybridized carbons (Fsp3) is 0.667. The average molecular weight is 295 g/mol. The monoisotopic (exact) mass is 295 g/mol. The largest absolute Gasteiger partial charge is 0.384 e. The second-order valence-corrected chi connectivity index (χ2v) is 6.69. The van der Waals surface area contributed by atoms with Gasteiger partial charge in [-0.25, -0.2) is 0 Å². The van der Waals surface area contributed by atoms with E-state index >= 15 is 0 Å². The second kappa shape index (κ2) is 5.84. The summed E-state index contributed by atoms with van der Waals surface area (Å²) in [5, 5.41) is 3.19. The number of amides is 1. The summed E-state index contributed by atoms with van der Waals surface area (Å²) in [6.45, 7) is 3.56. The Morgan fingerprint density at radius 2 is 2.40 bits per heavy atom. The smallest absolute Gasteiger partial charge is 0.261 e. The van der Waals surface area contributed by atoms with Crippen LogP contribution in [-0.2, 0) is 15.9 Å². The van der Waals surface area contributed by atoms with E-state index < -0.39 is 0 Å². The Kier molecular flexibility index (Phi) is 4.10. The van der Waals surface area contributed by atoms with Crippen LogP contribution >= 0.6 is 11.3 Å². The molecule has 0 unspecified atom stereocenters. The van der Waals surface area contributed by atoms with Crippen molar-refractivity contribution in [1.29, 1.82) is 0 Å². The molecule has 2 aliphatic rings. The molecule has 110 valence electrons. The Bertz CT molecular complexity index is 487. The molecule has 0 bridgehead atoms. The molecular formula is C15H21NO3S. The summed E-state index contributed by atoms with van der Waals surface area (Å²) in [6.07, 6.45) is 2.29. The zero-order valence-electron chi connectivity index (χ0n) is 11.9. The van der Waals surface area contributed by atoms with E-state index in [-0.39, 0.29) is 18.1 Å². The molecule has 1 saturated carbocycles. The van der Waals surface area contributed by atoms with Crippen molar-refractivity contribution in [2.24, 2.45) is 11.8 Å². The lowest BCUT2D eigenvalue weighted by Gasteiger charge is -2.47. The van der Waals surface area contributed by atoms with Gasteiger partial charge in [0.25, 0.3) is 5.91 Å². The summed E-state index contributed by atoms with van der Waals surface area (Å²) in [5.41, 5.74) is 0. The maximum absolute atomic E-state index is 12.3. The highest BCUT2D eigenvalue weighted by Crippen LogP contribution is 2.43. The Morgan fingerprint density at radius 3 is 3.10 bits per heavy atom. The molecule has 1 saturated heterocycles. The van der Waals surface area contributed by atoms with Gasteiger partial charge in [0.1, 0.15) is 0 Å². The van der Waals surface area contributed by atoms with Gasteiger partial charge in [0, 0.05) is 36.5 Å². The summed E-state index contributed by atoms with van der Waals surface area (Å²) in [6, 6.07) is 4.15. The average Bonchev–Trinajstić information content (AvgIpc) is 3.09. The molecule has 1 aromatic heterocycles. The normalized spacial score (nSPS) is 31.7. The van der Waals surface area contributed by atoms with Crippen LogP contribution in [0.1, 0.15) is 27.9 Å². The molecule has 0 aromatic carbocycles. The number of rotatable bonds is 5. The third-order valence-corrected chi connectivity index (χ3v) is 5.65. The highest BCUT2D eigenvalue weighted by Gasteiger charge is 2.54. The molecule has 1 aliphatic heterocycles. The first-order valence-electron chi connectivity index (χ1n) is 7.24. The van der Waals surface area contributed by atoms with E-state index in [0.29, 0.717) is 18.4 Å². The molecular weight excluding hydrogens is 274 g/mol. The minimum Gasteiger partial charge on any atom is -0.384 e. The lowest BCUT2D eigenvalue weighted by Crippen LogP contribution is -2.62. The Balaban J connectivity index is 1.65. The van der Waals surface area contributed by atoms with E-state index in [4.69, 9.17) is 9.47 Å². The van der Waals surface area contributed by atoms with Gasteiger partial charge in [0.15, 0.2) is 0 Å². The molecule has 1 amide bonds. The molecule has 2 fully saturated rings. The number of carbonyl (C=O) groups is 1. The molecule has 20 heavy (non-hydrogen) atoms. The second-order valence-electron chi connectivity index (χ2n) is 5.53. The van der Waals surface area contributed by atoms with Crippen LogP contribution < -0.4 is 5.32 Å². The third-order valence-electron chi connectivity index (χ3n) is 4.42. The van der Waals surface area contributed by atoms with E-state index in [9.17, 15) is 4.79 Å². The number of fused-ring (bicyclic) bond motifs is 1. The molecule has 0 spiro atoms. The summed E-state index contributed by atoms with van der Waals surface area (Å²) in [7, 11) is 1.70. The standard InChI is InChI=1S/C15H21NO3S/c1-3-9-4-5-12(20-9)15(17)16-13-10-6-7-19-14(10)11(13)8-18-2/h4-5,10-11,13-14H,3,6-8H2,1-2H3,(H,16,17)/t10-,11+,13-,14-/m0/s1. The quantitative estimate of drug-likeness (QED) is 0.905. The molecule has 1 aliphatic carbocycles. The Labute approximate surface area is 123 Å². The van der Waals surface area contributed by atoms with Gasteiger partial charge in [0.2, 0.25) is 0 Å². The number of hydrogen-bond donors (Lipinski definition) is 1. The van der Waals surface area contributed by atoms with Crippen LogP contribution in [0.4, 0.5) is 0 Å². The summed E-state index contributed by atoms with van der Waals surface area (Å²) >= 11 is 1.58. The van der Waals surface area contributed by atoms with Gasteiger partial charge in [-0.05, 0) is 25.0 Å². The van der Waals surface area contributed by atoms with Crippen molar-refractivity contribution in [3.8, 4) is 0 Å².